The van der Waals surface area contributed by atoms with E-state index in [2.05, 4.69) is 5.32 Å². The summed E-state index contributed by atoms with van der Waals surface area (Å²) in [6.07, 6.45) is -0.804. The summed E-state index contributed by atoms with van der Waals surface area (Å²) in [5.74, 6) is -0.486. The van der Waals surface area contributed by atoms with Crippen LogP contribution in [0.5, 0.6) is 0 Å². The van der Waals surface area contributed by atoms with Crippen LogP contribution in [0.2, 0.25) is 0 Å². The third kappa shape index (κ3) is 4.16. The average Bonchev–Trinajstić information content (AvgIpc) is 2.61. The van der Waals surface area contributed by atoms with Crippen LogP contribution in [0.1, 0.15) is 24.2 Å². The van der Waals surface area contributed by atoms with Crippen LogP contribution in [0.15, 0.2) is 60.7 Å². The van der Waals surface area contributed by atoms with Crippen molar-refractivity contribution in [3.05, 3.63) is 71.8 Å². The minimum absolute atomic E-state index is 0.0572. The van der Waals surface area contributed by atoms with Gasteiger partial charge in [-0.3, -0.25) is 10.5 Å². The summed E-state index contributed by atoms with van der Waals surface area (Å²) in [4.78, 5) is 12.5. The van der Waals surface area contributed by atoms with Gasteiger partial charge < -0.3 is 15.2 Å². The van der Waals surface area contributed by atoms with Crippen LogP contribution in [0.25, 0.3) is 0 Å². The van der Waals surface area contributed by atoms with Crippen molar-refractivity contribution in [3.63, 3.8) is 0 Å². The lowest BCUT2D eigenvalue weighted by Crippen LogP contribution is -2.54. The van der Waals surface area contributed by atoms with Gasteiger partial charge in [-0.25, -0.2) is 0 Å². The van der Waals surface area contributed by atoms with Gasteiger partial charge in [-0.05, 0) is 12.5 Å². The molecule has 5 heteroatoms. The zero-order valence-electron chi connectivity index (χ0n) is 13.1. The lowest BCUT2D eigenvalue weighted by atomic mass is 10.0. The topological polar surface area (TPSA) is 84.6 Å². The van der Waals surface area contributed by atoms with Crippen molar-refractivity contribution in [2.45, 2.75) is 18.8 Å². The summed E-state index contributed by atoms with van der Waals surface area (Å²) in [5, 5.41) is 12.8. The first-order valence-corrected chi connectivity index (χ1v) is 7.57. The monoisotopic (exact) mass is 314 g/mol. The lowest BCUT2D eigenvalue weighted by molar-refractivity contribution is -0.148. The summed E-state index contributed by atoms with van der Waals surface area (Å²) in [6, 6.07) is 18.0. The minimum Gasteiger partial charge on any atom is -0.387 e. The Morgan fingerprint density at radius 3 is 2.30 bits per heavy atom. The van der Waals surface area contributed by atoms with Gasteiger partial charge in [0, 0.05) is 18.7 Å². The van der Waals surface area contributed by atoms with Crippen molar-refractivity contribution in [1.82, 2.24) is 5.32 Å². The minimum atomic E-state index is -1.58. The van der Waals surface area contributed by atoms with Crippen molar-refractivity contribution in [2.24, 2.45) is 5.73 Å². The van der Waals surface area contributed by atoms with Crippen molar-refractivity contribution >= 4 is 5.91 Å². The van der Waals surface area contributed by atoms with Crippen LogP contribution in [0.4, 0.5) is 0 Å². The molecule has 0 aromatic heterocycles. The van der Waals surface area contributed by atoms with Gasteiger partial charge in [0.1, 0.15) is 0 Å². The van der Waals surface area contributed by atoms with Crippen LogP contribution in [0, 0.1) is 0 Å². The third-order valence-electron chi connectivity index (χ3n) is 3.55. The predicted molar refractivity (Wildman–Crippen MR) is 88.3 cm³/mol. The maximum absolute atomic E-state index is 12.5. The van der Waals surface area contributed by atoms with Gasteiger partial charge in [0.15, 0.2) is 0 Å². The number of nitrogens with two attached hydrogens (primary N) is 1. The SMILES string of the molecule is CCOC(N)(C(=O)NCC(O)c1ccccc1)c1ccccc1. The first-order chi connectivity index (χ1) is 11.1. The van der Waals surface area contributed by atoms with Gasteiger partial charge in [0.05, 0.1) is 6.10 Å². The van der Waals surface area contributed by atoms with E-state index in [-0.39, 0.29) is 6.54 Å². The summed E-state index contributed by atoms with van der Waals surface area (Å²) < 4.78 is 5.50. The Bertz CT molecular complexity index is 619. The smallest absolute Gasteiger partial charge is 0.272 e. The van der Waals surface area contributed by atoms with E-state index in [1.165, 1.54) is 0 Å². The van der Waals surface area contributed by atoms with Crippen molar-refractivity contribution in [2.75, 3.05) is 13.2 Å². The molecular weight excluding hydrogens is 292 g/mol. The number of ether oxygens (including phenoxy) is 1. The molecule has 23 heavy (non-hydrogen) atoms. The van der Waals surface area contributed by atoms with E-state index in [1.54, 1.807) is 43.3 Å². The van der Waals surface area contributed by atoms with E-state index in [0.717, 1.165) is 5.56 Å². The molecule has 2 atom stereocenters. The standard InChI is InChI=1S/C18H22N2O3/c1-2-23-18(19,15-11-7-4-8-12-15)17(22)20-13-16(21)14-9-5-3-6-10-14/h3-12,16,21H,2,13,19H2,1H3,(H,20,22). The molecule has 5 nitrogen and oxygen atoms in total. The predicted octanol–water partition coefficient (Wildman–Crippen LogP) is 1.68. The van der Waals surface area contributed by atoms with Crippen LogP contribution < -0.4 is 11.1 Å². The Morgan fingerprint density at radius 2 is 1.74 bits per heavy atom. The fraction of sp³-hybridized carbons (Fsp3) is 0.278. The molecule has 0 saturated heterocycles. The molecule has 1 amide bonds. The first-order valence-electron chi connectivity index (χ1n) is 7.57. The van der Waals surface area contributed by atoms with Gasteiger partial charge in [-0.2, -0.15) is 0 Å². The molecule has 2 aromatic rings. The zero-order valence-corrected chi connectivity index (χ0v) is 13.1. The normalized spacial score (nSPS) is 14.7. The largest absolute Gasteiger partial charge is 0.387 e. The molecule has 0 saturated carbocycles. The summed E-state index contributed by atoms with van der Waals surface area (Å²) >= 11 is 0. The molecule has 0 aliphatic rings. The quantitative estimate of drug-likeness (QED) is 0.679. The Morgan fingerprint density at radius 1 is 1.17 bits per heavy atom. The number of rotatable bonds is 7. The Balaban J connectivity index is 2.07. The number of carbonyl (C=O) groups excluding carboxylic acids is 1. The van der Waals surface area contributed by atoms with Crippen LogP contribution in [-0.2, 0) is 15.3 Å². The van der Waals surface area contributed by atoms with Crippen LogP contribution >= 0.6 is 0 Å². The molecule has 2 rings (SSSR count). The highest BCUT2D eigenvalue weighted by Crippen LogP contribution is 2.20. The zero-order chi connectivity index (χ0) is 16.7. The lowest BCUT2D eigenvalue weighted by Gasteiger charge is -2.28. The molecule has 0 aliphatic carbocycles. The van der Waals surface area contributed by atoms with Crippen LogP contribution in [-0.4, -0.2) is 24.2 Å². The molecule has 2 unspecified atom stereocenters. The first kappa shape index (κ1) is 17.1. The maximum Gasteiger partial charge on any atom is 0.272 e. The molecule has 0 aliphatic heterocycles. The van der Waals surface area contributed by atoms with E-state index in [9.17, 15) is 9.90 Å². The molecule has 0 radical (unpaired) electrons. The highest BCUT2D eigenvalue weighted by molar-refractivity contribution is 5.85. The number of nitrogens with one attached hydrogen (secondary N) is 1. The fourth-order valence-corrected chi connectivity index (χ4v) is 2.31. The van der Waals surface area contributed by atoms with E-state index in [0.29, 0.717) is 12.2 Å². The molecule has 122 valence electrons. The second kappa shape index (κ2) is 7.87. The second-order valence-corrected chi connectivity index (χ2v) is 5.17. The molecule has 0 bridgehead atoms. The van der Waals surface area contributed by atoms with Gasteiger partial charge in [-0.1, -0.05) is 60.7 Å². The molecule has 0 fully saturated rings. The number of benzene rings is 2. The summed E-state index contributed by atoms with van der Waals surface area (Å²) in [6.45, 7) is 2.12. The second-order valence-electron chi connectivity index (χ2n) is 5.17. The number of aliphatic hydroxyl groups is 1. The summed E-state index contributed by atoms with van der Waals surface area (Å²) in [5.41, 5.74) is 5.90. The van der Waals surface area contributed by atoms with E-state index >= 15 is 0 Å². The van der Waals surface area contributed by atoms with Crippen molar-refractivity contribution in [1.29, 1.82) is 0 Å². The third-order valence-corrected chi connectivity index (χ3v) is 3.55. The Labute approximate surface area is 136 Å². The number of hydrogen-bond acceptors (Lipinski definition) is 4. The van der Waals surface area contributed by atoms with E-state index in [1.807, 2.05) is 24.3 Å². The average molecular weight is 314 g/mol. The van der Waals surface area contributed by atoms with Crippen LogP contribution in [0.3, 0.4) is 0 Å². The summed E-state index contributed by atoms with van der Waals surface area (Å²) in [7, 11) is 0. The molecule has 0 spiro atoms. The van der Waals surface area contributed by atoms with Crippen molar-refractivity contribution in [3.8, 4) is 0 Å². The van der Waals surface area contributed by atoms with E-state index < -0.39 is 17.7 Å². The fourth-order valence-electron chi connectivity index (χ4n) is 2.31. The molecular formula is C18H22N2O3. The number of aliphatic hydroxyl groups excluding tert-OH is 1. The Hall–Kier alpha value is -2.21. The number of amides is 1. The maximum atomic E-state index is 12.5. The highest BCUT2D eigenvalue weighted by Gasteiger charge is 2.37. The van der Waals surface area contributed by atoms with E-state index in [4.69, 9.17) is 10.5 Å². The van der Waals surface area contributed by atoms with Gasteiger partial charge >= 0.3 is 0 Å². The van der Waals surface area contributed by atoms with Gasteiger partial charge in [0.2, 0.25) is 5.72 Å². The highest BCUT2D eigenvalue weighted by atomic mass is 16.5. The van der Waals surface area contributed by atoms with Gasteiger partial charge in [0.25, 0.3) is 5.91 Å². The number of carbonyl (C=O) groups is 1. The molecule has 2 aromatic carbocycles. The molecule has 0 heterocycles. The molecule has 4 N–H and O–H groups in total. The Kier molecular flexibility index (Phi) is 5.87. The van der Waals surface area contributed by atoms with Crippen molar-refractivity contribution < 1.29 is 14.6 Å². The number of hydrogen-bond donors (Lipinski definition) is 3. The van der Waals surface area contributed by atoms with Gasteiger partial charge in [-0.15, -0.1) is 0 Å².